The van der Waals surface area contributed by atoms with E-state index in [4.69, 9.17) is 9.15 Å². The van der Waals surface area contributed by atoms with Crippen LogP contribution in [0.25, 0.3) is 11.5 Å². The van der Waals surface area contributed by atoms with Crippen molar-refractivity contribution in [2.75, 3.05) is 13.7 Å². The number of nitrogens with zero attached hydrogens (tertiary/aromatic N) is 3. The molecular weight excluding hydrogens is 332 g/mol. The van der Waals surface area contributed by atoms with Gasteiger partial charge in [-0.1, -0.05) is 12.1 Å². The van der Waals surface area contributed by atoms with Gasteiger partial charge in [0, 0.05) is 31.8 Å². The number of hydrogen-bond donors (Lipinski definition) is 1. The van der Waals surface area contributed by atoms with E-state index in [1.165, 1.54) is 0 Å². The topological polar surface area (TPSA) is 90.1 Å². The predicted molar refractivity (Wildman–Crippen MR) is 95.6 cm³/mol. The molecule has 0 atom stereocenters. The van der Waals surface area contributed by atoms with Crippen molar-refractivity contribution in [2.24, 2.45) is 0 Å². The molecule has 0 saturated carbocycles. The zero-order valence-corrected chi connectivity index (χ0v) is 14.5. The molecule has 1 N–H and O–H groups in total. The standard InChI is InChI=1S/C19H20N4O3/c1-25-16-7-4-14(5-8-16)6-9-17(24)21-12-10-18-22-23-19(26-18)15-3-2-11-20-13-15/h2-5,7-8,11,13H,6,9-10,12H2,1H3,(H,21,24). The molecule has 26 heavy (non-hydrogen) atoms. The van der Waals surface area contributed by atoms with Crippen LogP contribution < -0.4 is 10.1 Å². The Bertz CT molecular complexity index is 832. The maximum absolute atomic E-state index is 11.9. The molecule has 0 aliphatic rings. The van der Waals surface area contributed by atoms with E-state index in [1.807, 2.05) is 36.4 Å². The summed E-state index contributed by atoms with van der Waals surface area (Å²) >= 11 is 0. The Balaban J connectivity index is 1.40. The highest BCUT2D eigenvalue weighted by atomic mass is 16.5. The number of ether oxygens (including phenoxy) is 1. The van der Waals surface area contributed by atoms with Crippen molar-refractivity contribution in [3.63, 3.8) is 0 Å². The van der Waals surface area contributed by atoms with Crippen molar-refractivity contribution in [2.45, 2.75) is 19.3 Å². The minimum atomic E-state index is -0.00665. The van der Waals surface area contributed by atoms with E-state index in [1.54, 1.807) is 19.5 Å². The van der Waals surface area contributed by atoms with E-state index in [9.17, 15) is 4.79 Å². The molecule has 7 heteroatoms. The molecule has 0 aliphatic carbocycles. The summed E-state index contributed by atoms with van der Waals surface area (Å²) in [6.45, 7) is 0.454. The fraction of sp³-hybridized carbons (Fsp3) is 0.263. The molecule has 0 fully saturated rings. The fourth-order valence-corrected chi connectivity index (χ4v) is 2.41. The molecule has 1 amide bonds. The van der Waals surface area contributed by atoms with Crippen molar-refractivity contribution in [1.29, 1.82) is 0 Å². The smallest absolute Gasteiger partial charge is 0.249 e. The zero-order valence-electron chi connectivity index (χ0n) is 14.5. The summed E-state index contributed by atoms with van der Waals surface area (Å²) in [6.07, 6.45) is 4.95. The predicted octanol–water partition coefficient (Wildman–Crippen LogP) is 2.43. The van der Waals surface area contributed by atoms with Gasteiger partial charge in [-0.15, -0.1) is 10.2 Å². The largest absolute Gasteiger partial charge is 0.497 e. The van der Waals surface area contributed by atoms with Gasteiger partial charge in [0.05, 0.1) is 12.7 Å². The first-order valence-corrected chi connectivity index (χ1v) is 8.37. The number of pyridine rings is 1. The van der Waals surface area contributed by atoms with E-state index >= 15 is 0 Å². The van der Waals surface area contributed by atoms with Gasteiger partial charge in [-0.2, -0.15) is 0 Å². The summed E-state index contributed by atoms with van der Waals surface area (Å²) in [7, 11) is 1.63. The first kappa shape index (κ1) is 17.6. The van der Waals surface area contributed by atoms with E-state index in [0.29, 0.717) is 37.6 Å². The second kappa shape index (κ2) is 8.75. The molecule has 1 aromatic carbocycles. The highest BCUT2D eigenvalue weighted by molar-refractivity contribution is 5.76. The number of aromatic nitrogens is 3. The number of amides is 1. The molecular formula is C19H20N4O3. The van der Waals surface area contributed by atoms with Crippen LogP contribution in [0.15, 0.2) is 53.2 Å². The number of hydrogen-bond acceptors (Lipinski definition) is 6. The minimum Gasteiger partial charge on any atom is -0.497 e. The van der Waals surface area contributed by atoms with Gasteiger partial charge in [0.15, 0.2) is 0 Å². The second-order valence-corrected chi connectivity index (χ2v) is 5.69. The Labute approximate surface area is 151 Å². The lowest BCUT2D eigenvalue weighted by molar-refractivity contribution is -0.121. The van der Waals surface area contributed by atoms with Crippen LogP contribution in [0.5, 0.6) is 5.75 Å². The molecule has 2 heterocycles. The van der Waals surface area contributed by atoms with Crippen molar-refractivity contribution in [1.82, 2.24) is 20.5 Å². The van der Waals surface area contributed by atoms with E-state index in [0.717, 1.165) is 16.9 Å². The maximum atomic E-state index is 11.9. The summed E-state index contributed by atoms with van der Waals surface area (Å²) in [4.78, 5) is 16.0. The number of carbonyl (C=O) groups is 1. The van der Waals surface area contributed by atoms with Crippen LogP contribution in [-0.4, -0.2) is 34.7 Å². The second-order valence-electron chi connectivity index (χ2n) is 5.69. The summed E-state index contributed by atoms with van der Waals surface area (Å²) in [5, 5.41) is 10.9. The third-order valence-electron chi connectivity index (χ3n) is 3.84. The minimum absolute atomic E-state index is 0.00665. The van der Waals surface area contributed by atoms with Crippen molar-refractivity contribution < 1.29 is 13.9 Å². The SMILES string of the molecule is COc1ccc(CCC(=O)NCCc2nnc(-c3cccnc3)o2)cc1. The number of aryl methyl sites for hydroxylation is 1. The van der Waals surface area contributed by atoms with E-state index in [-0.39, 0.29) is 5.91 Å². The van der Waals surface area contributed by atoms with Gasteiger partial charge in [-0.3, -0.25) is 9.78 Å². The van der Waals surface area contributed by atoms with Crippen molar-refractivity contribution in [3.05, 3.63) is 60.2 Å². The van der Waals surface area contributed by atoms with Gasteiger partial charge in [-0.05, 0) is 36.2 Å². The van der Waals surface area contributed by atoms with Crippen LogP contribution in [0.2, 0.25) is 0 Å². The number of methoxy groups -OCH3 is 1. The summed E-state index contributed by atoms with van der Waals surface area (Å²) in [5.41, 5.74) is 1.87. The summed E-state index contributed by atoms with van der Waals surface area (Å²) in [6, 6.07) is 11.4. The van der Waals surface area contributed by atoms with Crippen molar-refractivity contribution >= 4 is 5.91 Å². The van der Waals surface area contributed by atoms with Gasteiger partial charge in [-0.25, -0.2) is 0 Å². The Morgan fingerprint density at radius 3 is 2.73 bits per heavy atom. The highest BCUT2D eigenvalue weighted by Crippen LogP contribution is 2.16. The van der Waals surface area contributed by atoms with Gasteiger partial charge in [0.2, 0.25) is 17.7 Å². The lowest BCUT2D eigenvalue weighted by Gasteiger charge is -2.05. The molecule has 2 aromatic heterocycles. The first-order valence-electron chi connectivity index (χ1n) is 8.37. The molecule has 0 spiro atoms. The Morgan fingerprint density at radius 1 is 1.15 bits per heavy atom. The van der Waals surface area contributed by atoms with Crippen molar-refractivity contribution in [3.8, 4) is 17.2 Å². The normalized spacial score (nSPS) is 10.5. The Morgan fingerprint density at radius 2 is 2.00 bits per heavy atom. The third-order valence-corrected chi connectivity index (χ3v) is 3.84. The van der Waals surface area contributed by atoms with Gasteiger partial charge in [0.1, 0.15) is 5.75 Å². The van der Waals surface area contributed by atoms with Crippen LogP contribution >= 0.6 is 0 Å². The van der Waals surface area contributed by atoms with Gasteiger partial charge < -0.3 is 14.5 Å². The first-order chi connectivity index (χ1) is 12.7. The molecule has 0 unspecified atom stereocenters. The lowest BCUT2D eigenvalue weighted by Crippen LogP contribution is -2.25. The molecule has 0 radical (unpaired) electrons. The molecule has 134 valence electrons. The average Bonchev–Trinajstić information content (AvgIpc) is 3.16. The third kappa shape index (κ3) is 4.89. The average molecular weight is 352 g/mol. The lowest BCUT2D eigenvalue weighted by atomic mass is 10.1. The van der Waals surface area contributed by atoms with Crippen LogP contribution in [0.4, 0.5) is 0 Å². The summed E-state index contributed by atoms with van der Waals surface area (Å²) < 4.78 is 10.7. The molecule has 0 aliphatic heterocycles. The fourth-order valence-electron chi connectivity index (χ4n) is 2.41. The van der Waals surface area contributed by atoms with E-state index < -0.39 is 0 Å². The Hall–Kier alpha value is -3.22. The summed E-state index contributed by atoms with van der Waals surface area (Å²) in [5.74, 6) is 1.72. The maximum Gasteiger partial charge on any atom is 0.249 e. The van der Waals surface area contributed by atoms with E-state index in [2.05, 4.69) is 20.5 Å². The van der Waals surface area contributed by atoms with Gasteiger partial charge in [0.25, 0.3) is 0 Å². The molecule has 3 aromatic rings. The van der Waals surface area contributed by atoms with Crippen LogP contribution in [-0.2, 0) is 17.6 Å². The number of benzene rings is 1. The molecule has 0 saturated heterocycles. The quantitative estimate of drug-likeness (QED) is 0.670. The molecule has 3 rings (SSSR count). The van der Waals surface area contributed by atoms with Crippen LogP contribution in [0, 0.1) is 0 Å². The van der Waals surface area contributed by atoms with Crippen LogP contribution in [0.1, 0.15) is 17.9 Å². The molecule has 0 bridgehead atoms. The van der Waals surface area contributed by atoms with Gasteiger partial charge >= 0.3 is 0 Å². The molecule has 7 nitrogen and oxygen atoms in total. The number of rotatable bonds is 8. The number of carbonyl (C=O) groups excluding carboxylic acids is 1. The highest BCUT2D eigenvalue weighted by Gasteiger charge is 2.09. The Kier molecular flexibility index (Phi) is 5.92. The monoisotopic (exact) mass is 352 g/mol. The van der Waals surface area contributed by atoms with Crippen LogP contribution in [0.3, 0.4) is 0 Å². The zero-order chi connectivity index (χ0) is 18.2. The number of nitrogens with one attached hydrogen (secondary N) is 1.